The molecular formula is C13H19N3O. The van der Waals surface area contributed by atoms with Gasteiger partial charge in [0.25, 0.3) is 0 Å². The Hall–Kier alpha value is -1.39. The molecule has 0 bridgehead atoms. The Balaban J connectivity index is 2.24. The van der Waals surface area contributed by atoms with E-state index in [-0.39, 0.29) is 11.9 Å². The molecule has 1 heterocycles. The van der Waals surface area contributed by atoms with Gasteiger partial charge >= 0.3 is 0 Å². The van der Waals surface area contributed by atoms with Crippen LogP contribution in [0.25, 0.3) is 0 Å². The molecule has 4 heteroatoms. The first-order valence-corrected chi connectivity index (χ1v) is 5.98. The molecule has 17 heavy (non-hydrogen) atoms. The maximum atomic E-state index is 11.9. The number of nitrogens with two attached hydrogens (primary N) is 1. The second-order valence-corrected chi connectivity index (χ2v) is 4.68. The minimum Gasteiger partial charge on any atom is -0.327 e. The van der Waals surface area contributed by atoms with Crippen LogP contribution in [0.5, 0.6) is 0 Å². The summed E-state index contributed by atoms with van der Waals surface area (Å²) in [5.74, 6) is 0.149. The molecule has 2 rings (SSSR count). The molecule has 1 atom stereocenters. The molecule has 92 valence electrons. The maximum Gasteiger partial charge on any atom is 0.242 e. The van der Waals surface area contributed by atoms with Gasteiger partial charge < -0.3 is 5.73 Å². The first kappa shape index (κ1) is 12.1. The van der Waals surface area contributed by atoms with Crippen LogP contribution >= 0.6 is 0 Å². The summed E-state index contributed by atoms with van der Waals surface area (Å²) in [6, 6.07) is 8.05. The van der Waals surface area contributed by atoms with Crippen molar-refractivity contribution >= 4 is 11.6 Å². The van der Waals surface area contributed by atoms with E-state index in [0.717, 1.165) is 17.8 Å². The Labute approximate surface area is 102 Å². The predicted octanol–water partition coefficient (Wildman–Crippen LogP) is 1.30. The quantitative estimate of drug-likeness (QED) is 0.856. The number of rotatable bonds is 3. The van der Waals surface area contributed by atoms with Crippen molar-refractivity contribution in [3.05, 3.63) is 29.8 Å². The Morgan fingerprint density at radius 3 is 2.88 bits per heavy atom. The van der Waals surface area contributed by atoms with Gasteiger partial charge in [-0.25, -0.2) is 10.0 Å². The van der Waals surface area contributed by atoms with Gasteiger partial charge in [-0.3, -0.25) is 4.79 Å². The zero-order chi connectivity index (χ0) is 12.4. The predicted molar refractivity (Wildman–Crippen MR) is 68.5 cm³/mol. The monoisotopic (exact) mass is 233 g/mol. The van der Waals surface area contributed by atoms with E-state index in [1.165, 1.54) is 0 Å². The fourth-order valence-corrected chi connectivity index (χ4v) is 2.16. The van der Waals surface area contributed by atoms with Crippen molar-refractivity contribution in [1.29, 1.82) is 0 Å². The maximum absolute atomic E-state index is 11.9. The summed E-state index contributed by atoms with van der Waals surface area (Å²) >= 11 is 0. The lowest BCUT2D eigenvalue weighted by Crippen LogP contribution is -2.44. The fourth-order valence-electron chi connectivity index (χ4n) is 2.16. The van der Waals surface area contributed by atoms with Gasteiger partial charge in [0, 0.05) is 25.6 Å². The summed E-state index contributed by atoms with van der Waals surface area (Å²) in [5.41, 5.74) is 7.90. The molecule has 1 fully saturated rings. The summed E-state index contributed by atoms with van der Waals surface area (Å²) in [5, 5.41) is 3.79. The number of carbonyl (C=O) groups excluding carboxylic acids is 1. The van der Waals surface area contributed by atoms with Gasteiger partial charge in [0.2, 0.25) is 5.91 Å². The zero-order valence-corrected chi connectivity index (χ0v) is 10.4. The van der Waals surface area contributed by atoms with Crippen molar-refractivity contribution < 1.29 is 4.79 Å². The molecular weight excluding hydrogens is 214 g/mol. The molecule has 1 aliphatic rings. The normalized spacial score (nSPS) is 18.8. The first-order chi connectivity index (χ1) is 8.08. The van der Waals surface area contributed by atoms with Crippen molar-refractivity contribution in [1.82, 2.24) is 5.01 Å². The topological polar surface area (TPSA) is 49.6 Å². The van der Waals surface area contributed by atoms with Gasteiger partial charge in [-0.2, -0.15) is 0 Å². The Kier molecular flexibility index (Phi) is 3.45. The molecule has 1 aromatic rings. The van der Waals surface area contributed by atoms with Crippen LogP contribution in [0.1, 0.15) is 18.9 Å². The molecule has 4 nitrogen and oxygen atoms in total. The Morgan fingerprint density at radius 2 is 2.24 bits per heavy atom. The number of hydrogen-bond acceptors (Lipinski definition) is 3. The van der Waals surface area contributed by atoms with Crippen LogP contribution in [0.4, 0.5) is 5.69 Å². The molecule has 0 spiro atoms. The lowest BCUT2D eigenvalue weighted by atomic mass is 10.2. The van der Waals surface area contributed by atoms with Crippen molar-refractivity contribution in [3.63, 3.8) is 0 Å². The Bertz CT molecular complexity index is 417. The highest BCUT2D eigenvalue weighted by Gasteiger charge is 2.30. The first-order valence-electron chi connectivity index (χ1n) is 5.98. The number of hydrogen-bond donors (Lipinski definition) is 1. The standard InChI is InChI=1S/C13H19N3O/c1-10-4-3-5-12(8-10)16-13(17)6-7-15(16)9-11(2)14/h3-5,8,11H,6-7,9,14H2,1-2H3. The van der Waals surface area contributed by atoms with Gasteiger partial charge in [-0.05, 0) is 31.5 Å². The number of anilines is 1. The van der Waals surface area contributed by atoms with Gasteiger partial charge in [0.15, 0.2) is 0 Å². The van der Waals surface area contributed by atoms with Crippen LogP contribution in [0.15, 0.2) is 24.3 Å². The van der Waals surface area contributed by atoms with Crippen molar-refractivity contribution in [2.24, 2.45) is 5.73 Å². The van der Waals surface area contributed by atoms with E-state index in [4.69, 9.17) is 5.73 Å². The van der Waals surface area contributed by atoms with Gasteiger partial charge in [-0.15, -0.1) is 0 Å². The minimum atomic E-state index is 0.0632. The van der Waals surface area contributed by atoms with E-state index in [9.17, 15) is 4.79 Å². The van der Waals surface area contributed by atoms with Crippen LogP contribution in [0.2, 0.25) is 0 Å². The summed E-state index contributed by atoms with van der Waals surface area (Å²) in [7, 11) is 0. The molecule has 1 saturated heterocycles. The third-order valence-electron chi connectivity index (χ3n) is 2.85. The highest BCUT2D eigenvalue weighted by molar-refractivity contribution is 5.94. The van der Waals surface area contributed by atoms with E-state index in [0.29, 0.717) is 13.0 Å². The van der Waals surface area contributed by atoms with E-state index < -0.39 is 0 Å². The zero-order valence-electron chi connectivity index (χ0n) is 10.4. The fraction of sp³-hybridized carbons (Fsp3) is 0.462. The lowest BCUT2D eigenvalue weighted by molar-refractivity contribution is -0.118. The second-order valence-electron chi connectivity index (χ2n) is 4.68. The number of nitrogens with zero attached hydrogens (tertiary/aromatic N) is 2. The molecule has 2 N–H and O–H groups in total. The van der Waals surface area contributed by atoms with Crippen molar-refractivity contribution in [3.8, 4) is 0 Å². The second kappa shape index (κ2) is 4.85. The van der Waals surface area contributed by atoms with Gasteiger partial charge in [0.05, 0.1) is 5.69 Å². The van der Waals surface area contributed by atoms with E-state index in [1.54, 1.807) is 5.01 Å². The number of aryl methyl sites for hydroxylation is 1. The molecule has 1 unspecified atom stereocenters. The molecule has 0 aromatic heterocycles. The SMILES string of the molecule is Cc1cccc(N2C(=O)CCN2CC(C)N)c1. The van der Waals surface area contributed by atoms with Crippen molar-refractivity contribution in [2.45, 2.75) is 26.3 Å². The van der Waals surface area contributed by atoms with E-state index in [1.807, 2.05) is 43.1 Å². The molecule has 0 radical (unpaired) electrons. The van der Waals surface area contributed by atoms with Crippen LogP contribution in [0.3, 0.4) is 0 Å². The summed E-state index contributed by atoms with van der Waals surface area (Å²) in [6.45, 7) is 5.45. The largest absolute Gasteiger partial charge is 0.327 e. The van der Waals surface area contributed by atoms with Gasteiger partial charge in [0.1, 0.15) is 0 Å². The third-order valence-corrected chi connectivity index (χ3v) is 2.85. The molecule has 0 aliphatic carbocycles. The third kappa shape index (κ3) is 2.65. The molecule has 1 aromatic carbocycles. The molecule has 0 saturated carbocycles. The number of hydrazine groups is 1. The number of carbonyl (C=O) groups is 1. The molecule has 1 amide bonds. The van der Waals surface area contributed by atoms with E-state index in [2.05, 4.69) is 0 Å². The number of benzene rings is 1. The van der Waals surface area contributed by atoms with Gasteiger partial charge in [-0.1, -0.05) is 12.1 Å². The summed E-state index contributed by atoms with van der Waals surface area (Å²) in [4.78, 5) is 11.9. The Morgan fingerprint density at radius 1 is 1.47 bits per heavy atom. The summed E-state index contributed by atoms with van der Waals surface area (Å²) < 4.78 is 0. The lowest BCUT2D eigenvalue weighted by Gasteiger charge is -2.29. The van der Waals surface area contributed by atoms with Crippen LogP contribution in [-0.2, 0) is 4.79 Å². The minimum absolute atomic E-state index is 0.0632. The van der Waals surface area contributed by atoms with E-state index >= 15 is 0 Å². The van der Waals surface area contributed by atoms with Crippen LogP contribution in [0, 0.1) is 6.92 Å². The highest BCUT2D eigenvalue weighted by Crippen LogP contribution is 2.23. The number of amides is 1. The van der Waals surface area contributed by atoms with Crippen LogP contribution in [-0.4, -0.2) is 30.0 Å². The highest BCUT2D eigenvalue weighted by atomic mass is 16.2. The van der Waals surface area contributed by atoms with Crippen molar-refractivity contribution in [2.75, 3.05) is 18.1 Å². The molecule has 1 aliphatic heterocycles. The average molecular weight is 233 g/mol. The smallest absolute Gasteiger partial charge is 0.242 e. The average Bonchev–Trinajstić information content (AvgIpc) is 2.59. The summed E-state index contributed by atoms with van der Waals surface area (Å²) in [6.07, 6.45) is 0.570. The van der Waals surface area contributed by atoms with Crippen LogP contribution < -0.4 is 10.7 Å².